The van der Waals surface area contributed by atoms with Gasteiger partial charge < -0.3 is 10.1 Å². The van der Waals surface area contributed by atoms with Gasteiger partial charge in [-0.3, -0.25) is 19.3 Å². The van der Waals surface area contributed by atoms with Crippen molar-refractivity contribution in [2.45, 2.75) is 51.6 Å². The van der Waals surface area contributed by atoms with Crippen LogP contribution in [0.4, 0.5) is 0 Å². The smallest absolute Gasteiger partial charge is 0.261 e. The highest BCUT2D eigenvalue weighted by Gasteiger charge is 2.35. The van der Waals surface area contributed by atoms with E-state index >= 15 is 0 Å². The molecular formula is C24H26N2O4. The Morgan fingerprint density at radius 1 is 1.03 bits per heavy atom. The molecule has 0 atom stereocenters. The van der Waals surface area contributed by atoms with Crippen molar-refractivity contribution in [3.63, 3.8) is 0 Å². The molecule has 0 unspecified atom stereocenters. The molecule has 6 nitrogen and oxygen atoms in total. The largest absolute Gasteiger partial charge is 0.493 e. The number of nitrogens with one attached hydrogen (secondary N) is 1. The van der Waals surface area contributed by atoms with Crippen LogP contribution in [0.5, 0.6) is 5.75 Å². The van der Waals surface area contributed by atoms with E-state index in [1.807, 2.05) is 6.92 Å². The fraction of sp³-hybridized carbons (Fsp3) is 0.375. The summed E-state index contributed by atoms with van der Waals surface area (Å²) in [5, 5.41) is 3.12. The van der Waals surface area contributed by atoms with Crippen molar-refractivity contribution in [1.29, 1.82) is 0 Å². The molecule has 1 N–H and O–H groups in total. The average molecular weight is 406 g/mol. The Balaban J connectivity index is 1.56. The minimum Gasteiger partial charge on any atom is -0.493 e. The third-order valence-corrected chi connectivity index (χ3v) is 5.75. The summed E-state index contributed by atoms with van der Waals surface area (Å²) in [7, 11) is 0. The molecule has 1 fully saturated rings. The highest BCUT2D eigenvalue weighted by Crippen LogP contribution is 2.27. The molecule has 1 aliphatic carbocycles. The molecule has 4 rings (SSSR count). The van der Waals surface area contributed by atoms with E-state index in [9.17, 15) is 14.4 Å². The Kier molecular flexibility index (Phi) is 5.84. The third-order valence-electron chi connectivity index (χ3n) is 5.75. The molecule has 2 aliphatic rings. The van der Waals surface area contributed by atoms with Gasteiger partial charge in [0, 0.05) is 6.04 Å². The van der Waals surface area contributed by atoms with Crippen molar-refractivity contribution < 1.29 is 19.1 Å². The molecule has 0 spiro atoms. The fourth-order valence-electron chi connectivity index (χ4n) is 4.21. The zero-order valence-electron chi connectivity index (χ0n) is 17.1. The number of rotatable bonds is 6. The van der Waals surface area contributed by atoms with Crippen molar-refractivity contribution in [2.75, 3.05) is 6.61 Å². The summed E-state index contributed by atoms with van der Waals surface area (Å²) in [6, 6.07) is 12.3. The van der Waals surface area contributed by atoms with Gasteiger partial charge in [0.2, 0.25) is 0 Å². The Labute approximate surface area is 176 Å². The van der Waals surface area contributed by atoms with Crippen LogP contribution in [0.1, 0.15) is 75.7 Å². The second-order valence-electron chi connectivity index (χ2n) is 7.81. The zero-order valence-corrected chi connectivity index (χ0v) is 17.1. The van der Waals surface area contributed by atoms with E-state index in [0.717, 1.165) is 25.7 Å². The van der Waals surface area contributed by atoms with Crippen molar-refractivity contribution in [3.8, 4) is 5.75 Å². The summed E-state index contributed by atoms with van der Waals surface area (Å²) in [5.41, 5.74) is 1.99. The summed E-state index contributed by atoms with van der Waals surface area (Å²) in [4.78, 5) is 39.5. The maximum absolute atomic E-state index is 13.0. The number of nitrogens with zero attached hydrogens (tertiary/aromatic N) is 1. The number of ether oxygens (including phenoxy) is 1. The molecule has 2 aromatic carbocycles. The van der Waals surface area contributed by atoms with Gasteiger partial charge in [0.05, 0.1) is 29.8 Å². The first-order valence-corrected chi connectivity index (χ1v) is 10.6. The fourth-order valence-corrected chi connectivity index (χ4v) is 4.21. The quantitative estimate of drug-likeness (QED) is 0.737. The first-order valence-electron chi connectivity index (χ1n) is 10.6. The molecule has 156 valence electrons. The lowest BCUT2D eigenvalue weighted by Gasteiger charge is -2.23. The molecule has 0 bridgehead atoms. The Morgan fingerprint density at radius 3 is 2.33 bits per heavy atom. The van der Waals surface area contributed by atoms with Crippen LogP contribution in [0.2, 0.25) is 0 Å². The van der Waals surface area contributed by atoms with Crippen LogP contribution in [0.25, 0.3) is 0 Å². The molecule has 0 saturated heterocycles. The van der Waals surface area contributed by atoms with Gasteiger partial charge in [-0.2, -0.15) is 0 Å². The summed E-state index contributed by atoms with van der Waals surface area (Å²) < 4.78 is 5.66. The number of benzene rings is 2. The number of carbonyl (C=O) groups is 3. The molecule has 0 aromatic heterocycles. The molecule has 1 saturated carbocycles. The van der Waals surface area contributed by atoms with E-state index in [4.69, 9.17) is 4.74 Å². The van der Waals surface area contributed by atoms with E-state index in [1.54, 1.807) is 42.5 Å². The second-order valence-corrected chi connectivity index (χ2v) is 7.81. The first kappa shape index (κ1) is 20.1. The van der Waals surface area contributed by atoms with Gasteiger partial charge in [-0.15, -0.1) is 0 Å². The highest BCUT2D eigenvalue weighted by atomic mass is 16.5. The molecular weight excluding hydrogens is 380 g/mol. The van der Waals surface area contributed by atoms with Gasteiger partial charge in [0.25, 0.3) is 17.7 Å². The zero-order chi connectivity index (χ0) is 21.1. The molecule has 1 heterocycles. The van der Waals surface area contributed by atoms with E-state index < -0.39 is 0 Å². The second kappa shape index (κ2) is 8.69. The normalized spacial score (nSPS) is 16.5. The van der Waals surface area contributed by atoms with Crippen LogP contribution in [0.3, 0.4) is 0 Å². The Hall–Kier alpha value is -3.15. The number of hydrogen-bond donors (Lipinski definition) is 1. The third kappa shape index (κ3) is 3.95. The number of hydrogen-bond acceptors (Lipinski definition) is 4. The van der Waals surface area contributed by atoms with Crippen LogP contribution < -0.4 is 10.1 Å². The lowest BCUT2D eigenvalue weighted by atomic mass is 9.95. The maximum atomic E-state index is 13.0. The minimum absolute atomic E-state index is 0.114. The summed E-state index contributed by atoms with van der Waals surface area (Å²) in [6.45, 7) is 2.43. The monoisotopic (exact) mass is 406 g/mol. The molecule has 3 amide bonds. The number of imide groups is 1. The van der Waals surface area contributed by atoms with Crippen molar-refractivity contribution in [3.05, 3.63) is 64.7 Å². The van der Waals surface area contributed by atoms with Gasteiger partial charge in [0.1, 0.15) is 5.75 Å². The number of fused-ring (bicyclic) bond motifs is 1. The van der Waals surface area contributed by atoms with Crippen LogP contribution in [0.15, 0.2) is 42.5 Å². The van der Waals surface area contributed by atoms with Crippen molar-refractivity contribution in [2.24, 2.45) is 0 Å². The van der Waals surface area contributed by atoms with Crippen LogP contribution in [-0.2, 0) is 6.54 Å². The molecule has 0 radical (unpaired) electrons. The molecule has 1 aliphatic heterocycles. The first-order chi connectivity index (χ1) is 14.6. The SMILES string of the molecule is CCOc1ccc(CN2C(=O)c3ccccc3C2=O)cc1C(=O)NC1CCCCC1. The van der Waals surface area contributed by atoms with Gasteiger partial charge in [-0.25, -0.2) is 0 Å². The number of amides is 3. The lowest BCUT2D eigenvalue weighted by molar-refractivity contribution is 0.0642. The summed E-state index contributed by atoms with van der Waals surface area (Å²) in [6.07, 6.45) is 5.45. The number of carbonyl (C=O) groups excluding carboxylic acids is 3. The van der Waals surface area contributed by atoms with E-state index in [2.05, 4.69) is 5.32 Å². The highest BCUT2D eigenvalue weighted by molar-refractivity contribution is 6.21. The van der Waals surface area contributed by atoms with Gasteiger partial charge in [-0.1, -0.05) is 37.5 Å². The average Bonchev–Trinajstić information content (AvgIpc) is 3.00. The van der Waals surface area contributed by atoms with Crippen LogP contribution >= 0.6 is 0 Å². The predicted octanol–water partition coefficient (Wildman–Crippen LogP) is 3.94. The predicted molar refractivity (Wildman–Crippen MR) is 113 cm³/mol. The van der Waals surface area contributed by atoms with E-state index in [0.29, 0.717) is 34.6 Å². The maximum Gasteiger partial charge on any atom is 0.261 e. The molecule has 6 heteroatoms. The van der Waals surface area contributed by atoms with Crippen molar-refractivity contribution in [1.82, 2.24) is 10.2 Å². The molecule has 30 heavy (non-hydrogen) atoms. The summed E-state index contributed by atoms with van der Waals surface area (Å²) in [5.74, 6) is -0.276. The van der Waals surface area contributed by atoms with E-state index in [-0.39, 0.29) is 30.3 Å². The van der Waals surface area contributed by atoms with Gasteiger partial charge in [0.15, 0.2) is 0 Å². The minimum atomic E-state index is -0.308. The standard InChI is InChI=1S/C24H26N2O4/c1-2-30-21-13-12-16(14-20(21)22(27)25-17-8-4-3-5-9-17)15-26-23(28)18-10-6-7-11-19(18)24(26)29/h6-7,10-14,17H,2-5,8-9,15H2,1H3,(H,25,27). The van der Waals surface area contributed by atoms with Gasteiger partial charge >= 0.3 is 0 Å². The topological polar surface area (TPSA) is 75.7 Å². The lowest BCUT2D eigenvalue weighted by Crippen LogP contribution is -2.36. The molecule has 2 aromatic rings. The van der Waals surface area contributed by atoms with Crippen LogP contribution in [-0.4, -0.2) is 35.3 Å². The van der Waals surface area contributed by atoms with Gasteiger partial charge in [-0.05, 0) is 49.6 Å². The van der Waals surface area contributed by atoms with Crippen molar-refractivity contribution >= 4 is 17.7 Å². The van der Waals surface area contributed by atoms with Crippen LogP contribution in [0, 0.1) is 0 Å². The Bertz CT molecular complexity index is 944. The summed E-state index contributed by atoms with van der Waals surface area (Å²) >= 11 is 0. The van der Waals surface area contributed by atoms with E-state index in [1.165, 1.54) is 11.3 Å². The Morgan fingerprint density at radius 2 is 1.70 bits per heavy atom.